The molecule has 73 heavy (non-hydrogen) atoms. The summed E-state index contributed by atoms with van der Waals surface area (Å²) in [4.78, 5) is 36.1. The first-order chi connectivity index (χ1) is 35.9. The van der Waals surface area contributed by atoms with Crippen molar-refractivity contribution in [2.24, 2.45) is 22.9 Å². The van der Waals surface area contributed by atoms with Gasteiger partial charge in [-0.1, -0.05) is 162 Å². The molecule has 0 spiro atoms. The Labute approximate surface area is 435 Å². The number of nitrogens with one attached hydrogen (secondary N) is 1. The molecule has 0 bridgehead atoms. The Morgan fingerprint density at radius 3 is 2.15 bits per heavy atom. The standard InChI is InChI=1S/C60H85N3O10/c1-4-7-8-9-10-11-12-13-14-23-34-61-58(66)72-49-32-33-54-52(42-49)56-50(31-22-25-37-65)48(30-21-24-36-64)41-51-53(62-71-45-47-28-19-16-20-29-47)43-55(60(73-54,57(51)56)70-38-6-3)63(35-5-2)59(67)69-40-39-68-44-46-26-17-15-18-27-46/h6,15-20,26-29,32-33,41-42,48,50,55-57,64-65H,3-5,7-14,21-25,30-31,34-40,43-45H2,1-2H3,(H,61,66). The Balaban J connectivity index is 1.35. The molecule has 3 aromatic rings. The van der Waals surface area contributed by atoms with Crippen LogP contribution < -0.4 is 14.8 Å². The number of ether oxygens (including phenoxy) is 5. The summed E-state index contributed by atoms with van der Waals surface area (Å²) in [5.74, 6) is -1.31. The highest BCUT2D eigenvalue weighted by Gasteiger charge is 2.65. The van der Waals surface area contributed by atoms with Gasteiger partial charge in [0.15, 0.2) is 0 Å². The number of aliphatic hydroxyl groups excluding tert-OH is 2. The average molecular weight is 1010 g/mol. The molecule has 13 nitrogen and oxygen atoms in total. The van der Waals surface area contributed by atoms with Crippen LogP contribution in [0.2, 0.25) is 0 Å². The number of unbranched alkanes of at least 4 members (excludes halogenated alkanes) is 11. The van der Waals surface area contributed by atoms with E-state index < -0.39 is 29.9 Å². The summed E-state index contributed by atoms with van der Waals surface area (Å²) in [7, 11) is 0. The van der Waals surface area contributed by atoms with Crippen LogP contribution in [0.1, 0.15) is 152 Å². The summed E-state index contributed by atoms with van der Waals surface area (Å²) in [6.45, 7) is 10.4. The van der Waals surface area contributed by atoms with Crippen molar-refractivity contribution in [3.63, 3.8) is 0 Å². The Hall–Kier alpha value is -5.21. The second-order valence-electron chi connectivity index (χ2n) is 19.9. The molecule has 3 aromatic carbocycles. The first kappa shape index (κ1) is 57.1. The molecule has 6 atom stereocenters. The SMILES string of the molecule is C=CCOC12Oc3ccc(OC(=O)NCCCCCCCCCCCC)cc3C3C(CCCCO)C(CCCCO)C=C(C(=NOCc4ccccc4)CC1N(CCC)C(=O)OCCOCc1ccccc1)C32. The number of fused-ring (bicyclic) bond motifs is 2. The van der Waals surface area contributed by atoms with Gasteiger partial charge in [0.05, 0.1) is 31.5 Å². The number of benzene rings is 3. The van der Waals surface area contributed by atoms with Crippen molar-refractivity contribution < 1.29 is 48.3 Å². The van der Waals surface area contributed by atoms with Crippen molar-refractivity contribution in [2.45, 2.75) is 160 Å². The molecule has 6 rings (SSSR count). The number of nitrogens with zero attached hydrogens (tertiary/aromatic N) is 2. The first-order valence-electron chi connectivity index (χ1n) is 27.6. The third kappa shape index (κ3) is 16.6. The monoisotopic (exact) mass is 1010 g/mol. The van der Waals surface area contributed by atoms with E-state index in [1.54, 1.807) is 17.0 Å². The topological polar surface area (TPSA) is 158 Å². The van der Waals surface area contributed by atoms with Crippen molar-refractivity contribution in [2.75, 3.05) is 46.1 Å². The summed E-state index contributed by atoms with van der Waals surface area (Å²) in [6.07, 6.45) is 20.3. The van der Waals surface area contributed by atoms with Crippen LogP contribution >= 0.6 is 0 Å². The second-order valence-corrected chi connectivity index (χ2v) is 19.9. The maximum Gasteiger partial charge on any atom is 0.412 e. The van der Waals surface area contributed by atoms with Crippen molar-refractivity contribution in [3.8, 4) is 11.5 Å². The van der Waals surface area contributed by atoms with Crippen molar-refractivity contribution in [1.29, 1.82) is 0 Å². The number of amides is 2. The molecule has 3 aliphatic rings. The molecule has 1 saturated carbocycles. The fraction of sp³-hybridized carbons (Fsp3) is 0.583. The minimum Gasteiger partial charge on any atom is -0.459 e. The number of aliphatic hydroxyl groups is 2. The van der Waals surface area contributed by atoms with E-state index in [4.69, 9.17) is 33.7 Å². The smallest absolute Gasteiger partial charge is 0.412 e. The maximum atomic E-state index is 14.7. The van der Waals surface area contributed by atoms with E-state index in [0.29, 0.717) is 56.2 Å². The van der Waals surface area contributed by atoms with Gasteiger partial charge in [0, 0.05) is 44.2 Å². The minimum atomic E-state index is -1.46. The Morgan fingerprint density at radius 2 is 1.48 bits per heavy atom. The molecule has 0 radical (unpaired) electrons. The van der Waals surface area contributed by atoms with Crippen LogP contribution in [0, 0.1) is 17.8 Å². The van der Waals surface area contributed by atoms with E-state index in [1.807, 2.05) is 79.7 Å². The van der Waals surface area contributed by atoms with Gasteiger partial charge in [-0.15, -0.1) is 6.58 Å². The van der Waals surface area contributed by atoms with E-state index in [9.17, 15) is 19.8 Å². The number of carbonyl (C=O) groups excluding carboxylic acids is 2. The number of oxime groups is 1. The van der Waals surface area contributed by atoms with Crippen molar-refractivity contribution in [1.82, 2.24) is 10.2 Å². The van der Waals surface area contributed by atoms with E-state index >= 15 is 0 Å². The number of hydrogen-bond acceptors (Lipinski definition) is 11. The average Bonchev–Trinajstić information content (AvgIpc) is 3.40. The largest absolute Gasteiger partial charge is 0.459 e. The highest BCUT2D eigenvalue weighted by molar-refractivity contribution is 6.03. The highest BCUT2D eigenvalue weighted by Crippen LogP contribution is 2.62. The minimum absolute atomic E-state index is 0.00709. The third-order valence-electron chi connectivity index (χ3n) is 14.5. The predicted molar refractivity (Wildman–Crippen MR) is 287 cm³/mol. The summed E-state index contributed by atoms with van der Waals surface area (Å²) in [6, 6.07) is 24.6. The summed E-state index contributed by atoms with van der Waals surface area (Å²) < 4.78 is 32.5. The first-order valence-corrected chi connectivity index (χ1v) is 27.6. The number of allylic oxidation sites excluding steroid dienone is 1. The molecule has 6 unspecified atom stereocenters. The molecule has 3 N–H and O–H groups in total. The number of hydrogen-bond donors (Lipinski definition) is 3. The van der Waals surface area contributed by atoms with Crippen LogP contribution in [-0.2, 0) is 32.3 Å². The molecular weight excluding hydrogens is 923 g/mol. The fourth-order valence-corrected chi connectivity index (χ4v) is 11.1. The van der Waals surface area contributed by atoms with Gasteiger partial charge in [0.25, 0.3) is 0 Å². The highest BCUT2D eigenvalue weighted by atomic mass is 16.7. The molecular formula is C60H85N3O10. The molecule has 2 aliphatic carbocycles. The molecule has 2 amide bonds. The Morgan fingerprint density at radius 1 is 0.808 bits per heavy atom. The van der Waals surface area contributed by atoms with E-state index in [1.165, 1.54) is 44.9 Å². The van der Waals surface area contributed by atoms with Crippen LogP contribution in [0.3, 0.4) is 0 Å². The molecule has 13 heteroatoms. The summed E-state index contributed by atoms with van der Waals surface area (Å²) in [5, 5.41) is 28.0. The molecule has 1 aliphatic heterocycles. The normalized spacial score (nSPS) is 21.3. The Kier molecular flexibility index (Phi) is 24.6. The molecule has 0 aromatic heterocycles. The van der Waals surface area contributed by atoms with E-state index in [2.05, 4.69) is 24.9 Å². The molecule has 400 valence electrons. The third-order valence-corrected chi connectivity index (χ3v) is 14.5. The lowest BCUT2D eigenvalue weighted by Gasteiger charge is -2.59. The summed E-state index contributed by atoms with van der Waals surface area (Å²) >= 11 is 0. The van der Waals surface area contributed by atoms with Gasteiger partial charge in [-0.3, -0.25) is 4.90 Å². The van der Waals surface area contributed by atoms with Crippen LogP contribution in [0.4, 0.5) is 9.59 Å². The van der Waals surface area contributed by atoms with Crippen LogP contribution in [0.25, 0.3) is 0 Å². The fourth-order valence-electron chi connectivity index (χ4n) is 11.1. The zero-order valence-electron chi connectivity index (χ0n) is 43.9. The quantitative estimate of drug-likeness (QED) is 0.0299. The molecule has 1 heterocycles. The van der Waals surface area contributed by atoms with E-state index in [-0.39, 0.29) is 63.8 Å². The van der Waals surface area contributed by atoms with Gasteiger partial charge in [-0.05, 0) is 85.3 Å². The van der Waals surface area contributed by atoms with Crippen LogP contribution in [-0.4, -0.2) is 91.0 Å². The number of carbonyl (C=O) groups is 2. The van der Waals surface area contributed by atoms with Gasteiger partial charge < -0.3 is 44.1 Å². The molecule has 0 saturated heterocycles. The Bertz CT molecular complexity index is 2150. The maximum absolute atomic E-state index is 14.7. The lowest BCUT2D eigenvalue weighted by Crippen LogP contribution is -2.70. The lowest BCUT2D eigenvalue weighted by molar-refractivity contribution is -0.255. The molecule has 1 fully saturated rings. The van der Waals surface area contributed by atoms with Gasteiger partial charge in [-0.2, -0.15) is 0 Å². The lowest BCUT2D eigenvalue weighted by atomic mass is 9.55. The zero-order chi connectivity index (χ0) is 51.5. The predicted octanol–water partition coefficient (Wildman–Crippen LogP) is 12.6. The van der Waals surface area contributed by atoms with Crippen molar-refractivity contribution in [3.05, 3.63) is 120 Å². The number of rotatable bonds is 34. The van der Waals surface area contributed by atoms with Gasteiger partial charge in [0.2, 0.25) is 5.79 Å². The van der Waals surface area contributed by atoms with Crippen LogP contribution in [0.5, 0.6) is 11.5 Å². The zero-order valence-corrected chi connectivity index (χ0v) is 43.9. The second kappa shape index (κ2) is 31.5. The summed E-state index contributed by atoms with van der Waals surface area (Å²) in [5.41, 5.74) is 4.44. The van der Waals surface area contributed by atoms with Crippen molar-refractivity contribution >= 4 is 17.9 Å². The van der Waals surface area contributed by atoms with E-state index in [0.717, 1.165) is 67.2 Å². The van der Waals surface area contributed by atoms with Gasteiger partial charge >= 0.3 is 12.2 Å². The van der Waals surface area contributed by atoms with Gasteiger partial charge in [0.1, 0.15) is 30.8 Å². The van der Waals surface area contributed by atoms with Crippen LogP contribution in [0.15, 0.2) is 108 Å². The van der Waals surface area contributed by atoms with Gasteiger partial charge in [-0.25, -0.2) is 9.59 Å².